The van der Waals surface area contributed by atoms with Crippen molar-refractivity contribution in [3.63, 3.8) is 0 Å². The van der Waals surface area contributed by atoms with Crippen molar-refractivity contribution in [2.24, 2.45) is 11.3 Å². The number of anilines is 1. The van der Waals surface area contributed by atoms with Crippen LogP contribution in [-0.2, 0) is 4.79 Å². The standard InChI is InChI=1S/C18H25ClN2O2/c1-18(2,3)13-5-7-14(8-6-13)21-17-15(19)10-12(11-20-17)4-9-16(22)23/h4,9-11,13-14H,5-8H2,1-3H3,(H,20,21)(H,22,23). The molecule has 23 heavy (non-hydrogen) atoms. The highest BCUT2D eigenvalue weighted by molar-refractivity contribution is 6.33. The van der Waals surface area contributed by atoms with Crippen molar-refractivity contribution in [2.45, 2.75) is 52.5 Å². The molecule has 0 aromatic carbocycles. The van der Waals surface area contributed by atoms with Gasteiger partial charge in [0, 0.05) is 18.3 Å². The SMILES string of the molecule is CC(C)(C)C1CCC(Nc2ncc(C=CC(=O)O)cc2Cl)CC1. The second kappa shape index (κ2) is 7.35. The summed E-state index contributed by atoms with van der Waals surface area (Å²) in [6.45, 7) is 6.94. The highest BCUT2D eigenvalue weighted by Gasteiger charge is 2.29. The van der Waals surface area contributed by atoms with Crippen LogP contribution < -0.4 is 5.32 Å². The molecule has 0 aliphatic heterocycles. The Hall–Kier alpha value is -1.55. The van der Waals surface area contributed by atoms with E-state index in [0.717, 1.165) is 24.8 Å². The lowest BCUT2D eigenvalue weighted by Gasteiger charge is -2.37. The van der Waals surface area contributed by atoms with Crippen molar-refractivity contribution in [2.75, 3.05) is 5.32 Å². The number of nitrogens with zero attached hydrogens (tertiary/aromatic N) is 1. The van der Waals surface area contributed by atoms with Gasteiger partial charge < -0.3 is 10.4 Å². The fraction of sp³-hybridized carbons (Fsp3) is 0.556. The fourth-order valence-corrected chi connectivity index (χ4v) is 3.34. The minimum absolute atomic E-state index is 0.374. The first kappa shape index (κ1) is 17.8. The lowest BCUT2D eigenvalue weighted by molar-refractivity contribution is -0.131. The average molecular weight is 337 g/mol. The molecule has 1 aromatic rings. The van der Waals surface area contributed by atoms with Gasteiger partial charge in [0.25, 0.3) is 0 Å². The lowest BCUT2D eigenvalue weighted by atomic mass is 9.71. The van der Waals surface area contributed by atoms with Gasteiger partial charge in [0.1, 0.15) is 5.82 Å². The third-order valence-corrected chi connectivity index (χ3v) is 4.86. The van der Waals surface area contributed by atoms with E-state index in [1.165, 1.54) is 18.9 Å². The number of aromatic nitrogens is 1. The van der Waals surface area contributed by atoms with Crippen LogP contribution in [0.5, 0.6) is 0 Å². The van der Waals surface area contributed by atoms with Crippen LogP contribution in [0.15, 0.2) is 18.3 Å². The van der Waals surface area contributed by atoms with Gasteiger partial charge in [-0.05, 0) is 54.7 Å². The number of nitrogens with one attached hydrogen (secondary N) is 1. The largest absolute Gasteiger partial charge is 0.478 e. The zero-order valence-electron chi connectivity index (χ0n) is 14.0. The van der Waals surface area contributed by atoms with Gasteiger partial charge in [0.2, 0.25) is 0 Å². The first-order valence-electron chi connectivity index (χ1n) is 8.09. The third kappa shape index (κ3) is 5.24. The molecular formula is C18H25ClN2O2. The number of rotatable bonds is 4. The normalized spacial score (nSPS) is 22.3. The van der Waals surface area contributed by atoms with Gasteiger partial charge in [-0.15, -0.1) is 0 Å². The molecule has 126 valence electrons. The van der Waals surface area contributed by atoms with Gasteiger partial charge in [-0.3, -0.25) is 0 Å². The molecule has 0 radical (unpaired) electrons. The lowest BCUT2D eigenvalue weighted by Crippen LogP contribution is -2.31. The van der Waals surface area contributed by atoms with Gasteiger partial charge in [0.05, 0.1) is 5.02 Å². The molecule has 1 fully saturated rings. The van der Waals surface area contributed by atoms with Crippen molar-refractivity contribution in [1.29, 1.82) is 0 Å². The van der Waals surface area contributed by atoms with Crippen molar-refractivity contribution in [3.05, 3.63) is 28.9 Å². The maximum Gasteiger partial charge on any atom is 0.328 e. The van der Waals surface area contributed by atoms with Crippen LogP contribution in [0, 0.1) is 11.3 Å². The highest BCUT2D eigenvalue weighted by Crippen LogP contribution is 2.38. The molecule has 4 nitrogen and oxygen atoms in total. The number of carboxylic acid groups (broad SMARTS) is 1. The van der Waals surface area contributed by atoms with Crippen molar-refractivity contribution in [3.8, 4) is 0 Å². The van der Waals surface area contributed by atoms with Crippen LogP contribution in [0.1, 0.15) is 52.0 Å². The summed E-state index contributed by atoms with van der Waals surface area (Å²) >= 11 is 6.26. The van der Waals surface area contributed by atoms with E-state index in [1.807, 2.05) is 0 Å². The Morgan fingerprint density at radius 2 is 2.00 bits per heavy atom. The van der Waals surface area contributed by atoms with E-state index >= 15 is 0 Å². The number of carbonyl (C=O) groups is 1. The van der Waals surface area contributed by atoms with Gasteiger partial charge >= 0.3 is 5.97 Å². The van der Waals surface area contributed by atoms with E-state index in [9.17, 15) is 4.79 Å². The Bertz CT molecular complexity index is 585. The van der Waals surface area contributed by atoms with Crippen molar-refractivity contribution < 1.29 is 9.90 Å². The summed E-state index contributed by atoms with van der Waals surface area (Å²) in [4.78, 5) is 14.9. The molecule has 0 saturated heterocycles. The van der Waals surface area contributed by atoms with E-state index in [1.54, 1.807) is 12.3 Å². The summed E-state index contributed by atoms with van der Waals surface area (Å²) in [5, 5.41) is 12.6. The topological polar surface area (TPSA) is 62.2 Å². The minimum Gasteiger partial charge on any atom is -0.478 e. The Kier molecular flexibility index (Phi) is 5.69. The molecule has 0 atom stereocenters. The summed E-state index contributed by atoms with van der Waals surface area (Å²) in [5.74, 6) is 0.463. The summed E-state index contributed by atoms with van der Waals surface area (Å²) in [7, 11) is 0. The quantitative estimate of drug-likeness (QED) is 0.771. The van der Waals surface area contributed by atoms with Crippen LogP contribution in [0.3, 0.4) is 0 Å². The van der Waals surface area contributed by atoms with Crippen molar-refractivity contribution >= 4 is 29.5 Å². The first-order chi connectivity index (χ1) is 10.8. The summed E-state index contributed by atoms with van der Waals surface area (Å²) in [6.07, 6.45) is 8.89. The second-order valence-electron chi connectivity index (χ2n) is 7.33. The number of hydrogen-bond acceptors (Lipinski definition) is 3. The van der Waals surface area contributed by atoms with E-state index in [2.05, 4.69) is 31.1 Å². The van der Waals surface area contributed by atoms with Crippen LogP contribution in [0.25, 0.3) is 6.08 Å². The van der Waals surface area contributed by atoms with Crippen LogP contribution >= 0.6 is 11.6 Å². The molecule has 1 saturated carbocycles. The number of carboxylic acids is 1. The average Bonchev–Trinajstić information content (AvgIpc) is 2.47. The molecular weight excluding hydrogens is 312 g/mol. The predicted molar refractivity (Wildman–Crippen MR) is 94.7 cm³/mol. The van der Waals surface area contributed by atoms with E-state index in [0.29, 0.717) is 27.9 Å². The van der Waals surface area contributed by atoms with Crippen LogP contribution in [-0.4, -0.2) is 22.1 Å². The van der Waals surface area contributed by atoms with Crippen LogP contribution in [0.4, 0.5) is 5.82 Å². The fourth-order valence-electron chi connectivity index (χ4n) is 3.11. The molecule has 0 amide bonds. The molecule has 0 bridgehead atoms. The minimum atomic E-state index is -0.987. The Balaban J connectivity index is 1.95. The number of pyridine rings is 1. The smallest absolute Gasteiger partial charge is 0.328 e. The molecule has 1 heterocycles. The Morgan fingerprint density at radius 3 is 2.52 bits per heavy atom. The third-order valence-electron chi connectivity index (χ3n) is 4.57. The molecule has 2 rings (SSSR count). The molecule has 5 heteroatoms. The monoisotopic (exact) mass is 336 g/mol. The van der Waals surface area contributed by atoms with Gasteiger partial charge in [-0.1, -0.05) is 32.4 Å². The van der Waals surface area contributed by atoms with Crippen molar-refractivity contribution in [1.82, 2.24) is 4.98 Å². The van der Waals surface area contributed by atoms with Crippen LogP contribution in [0.2, 0.25) is 5.02 Å². The summed E-state index contributed by atoms with van der Waals surface area (Å²) in [5.41, 5.74) is 1.05. The molecule has 0 unspecified atom stereocenters. The molecule has 1 aliphatic rings. The highest BCUT2D eigenvalue weighted by atomic mass is 35.5. The molecule has 1 aromatic heterocycles. The Morgan fingerprint density at radius 1 is 1.35 bits per heavy atom. The predicted octanol–water partition coefficient (Wildman–Crippen LogP) is 4.85. The van der Waals surface area contributed by atoms with E-state index in [-0.39, 0.29) is 0 Å². The number of hydrogen-bond donors (Lipinski definition) is 2. The first-order valence-corrected chi connectivity index (χ1v) is 8.46. The van der Waals surface area contributed by atoms with Gasteiger partial charge in [-0.25, -0.2) is 9.78 Å². The molecule has 2 N–H and O–H groups in total. The zero-order valence-corrected chi connectivity index (χ0v) is 14.7. The van der Waals surface area contributed by atoms with Gasteiger partial charge in [-0.2, -0.15) is 0 Å². The molecule has 0 spiro atoms. The second-order valence-corrected chi connectivity index (χ2v) is 7.74. The molecule has 1 aliphatic carbocycles. The number of aliphatic carboxylic acids is 1. The zero-order chi connectivity index (χ0) is 17.0. The number of halogens is 1. The maximum absolute atomic E-state index is 10.5. The Labute approximate surface area is 143 Å². The van der Waals surface area contributed by atoms with E-state index < -0.39 is 5.97 Å². The maximum atomic E-state index is 10.5. The summed E-state index contributed by atoms with van der Waals surface area (Å²) < 4.78 is 0. The van der Waals surface area contributed by atoms with E-state index in [4.69, 9.17) is 16.7 Å². The van der Waals surface area contributed by atoms with Gasteiger partial charge in [0.15, 0.2) is 0 Å². The summed E-state index contributed by atoms with van der Waals surface area (Å²) in [6, 6.07) is 2.14.